The van der Waals surface area contributed by atoms with E-state index in [4.69, 9.17) is 5.11 Å². The average molecular weight is 261 g/mol. The van der Waals surface area contributed by atoms with Crippen LogP contribution in [0.25, 0.3) is 0 Å². The Balaban J connectivity index is 2.18. The van der Waals surface area contributed by atoms with E-state index in [0.29, 0.717) is 0 Å². The van der Waals surface area contributed by atoms with Crippen molar-refractivity contribution in [2.45, 2.75) is 13.0 Å². The van der Waals surface area contributed by atoms with Gasteiger partial charge in [-0.3, -0.25) is 9.48 Å². The van der Waals surface area contributed by atoms with Crippen molar-refractivity contribution in [1.29, 1.82) is 0 Å². The number of carbonyl (C=O) groups is 2. The highest BCUT2D eigenvalue weighted by Gasteiger charge is 2.19. The predicted octanol–water partition coefficient (Wildman–Crippen LogP) is 0.571. The highest BCUT2D eigenvalue weighted by atomic mass is 16.4. The number of nitrogens with zero attached hydrogens (tertiary/aromatic N) is 4. The molecule has 2 aromatic rings. The van der Waals surface area contributed by atoms with Gasteiger partial charge in [0.2, 0.25) is 5.91 Å². The van der Waals surface area contributed by atoms with Gasteiger partial charge in [0.05, 0.1) is 0 Å². The molecule has 0 aliphatic carbocycles. The second-order valence-corrected chi connectivity index (χ2v) is 3.71. The summed E-state index contributed by atoms with van der Waals surface area (Å²) in [4.78, 5) is 30.3. The Labute approximate surface area is 108 Å². The summed E-state index contributed by atoms with van der Waals surface area (Å²) in [6, 6.07) is 1.10. The van der Waals surface area contributed by atoms with Crippen molar-refractivity contribution in [2.75, 3.05) is 5.32 Å². The number of rotatable bonds is 4. The van der Waals surface area contributed by atoms with Crippen molar-refractivity contribution < 1.29 is 14.7 Å². The molecule has 0 aliphatic rings. The molecule has 0 saturated carbocycles. The molecular formula is C11H11N5O3. The van der Waals surface area contributed by atoms with E-state index < -0.39 is 17.9 Å². The fourth-order valence-electron chi connectivity index (χ4n) is 1.44. The molecule has 98 valence electrons. The molecule has 0 aromatic carbocycles. The Hall–Kier alpha value is -2.77. The molecule has 0 saturated heterocycles. The minimum atomic E-state index is -1.25. The minimum Gasteiger partial charge on any atom is -0.476 e. The molecule has 0 radical (unpaired) electrons. The van der Waals surface area contributed by atoms with Crippen molar-refractivity contribution in [3.05, 3.63) is 36.5 Å². The second-order valence-electron chi connectivity index (χ2n) is 3.71. The zero-order valence-corrected chi connectivity index (χ0v) is 10.0. The Morgan fingerprint density at radius 1 is 1.32 bits per heavy atom. The van der Waals surface area contributed by atoms with Gasteiger partial charge in [0.15, 0.2) is 11.5 Å². The summed E-state index contributed by atoms with van der Waals surface area (Å²) >= 11 is 0. The number of carboxylic acids is 1. The number of aromatic nitrogens is 4. The lowest BCUT2D eigenvalue weighted by Gasteiger charge is -2.12. The summed E-state index contributed by atoms with van der Waals surface area (Å²) in [5, 5.41) is 15.3. The number of aromatic carboxylic acids is 1. The molecule has 8 heteroatoms. The molecule has 0 spiro atoms. The van der Waals surface area contributed by atoms with Crippen LogP contribution in [0, 0.1) is 0 Å². The van der Waals surface area contributed by atoms with Gasteiger partial charge in [-0.25, -0.2) is 14.8 Å². The monoisotopic (exact) mass is 261 g/mol. The van der Waals surface area contributed by atoms with Gasteiger partial charge in [-0.2, -0.15) is 5.10 Å². The summed E-state index contributed by atoms with van der Waals surface area (Å²) in [6.07, 6.45) is 5.74. The van der Waals surface area contributed by atoms with Crippen LogP contribution in [0.3, 0.4) is 0 Å². The predicted molar refractivity (Wildman–Crippen MR) is 64.6 cm³/mol. The Morgan fingerprint density at radius 2 is 2.05 bits per heavy atom. The lowest BCUT2D eigenvalue weighted by atomic mass is 10.3. The quantitative estimate of drug-likeness (QED) is 0.832. The van der Waals surface area contributed by atoms with E-state index in [9.17, 15) is 9.59 Å². The molecule has 2 N–H and O–H groups in total. The normalized spacial score (nSPS) is 11.8. The molecule has 2 aromatic heterocycles. The fraction of sp³-hybridized carbons (Fsp3) is 0.182. The number of carboxylic acid groups (broad SMARTS) is 1. The van der Waals surface area contributed by atoms with Crippen LogP contribution in [0.5, 0.6) is 0 Å². The molecule has 8 nitrogen and oxygen atoms in total. The largest absolute Gasteiger partial charge is 0.476 e. The van der Waals surface area contributed by atoms with Gasteiger partial charge in [-0.15, -0.1) is 0 Å². The van der Waals surface area contributed by atoms with Crippen molar-refractivity contribution in [2.24, 2.45) is 0 Å². The van der Waals surface area contributed by atoms with Crippen molar-refractivity contribution in [3.63, 3.8) is 0 Å². The summed E-state index contributed by atoms with van der Waals surface area (Å²) in [7, 11) is 0. The maximum absolute atomic E-state index is 12.0. The van der Waals surface area contributed by atoms with Gasteiger partial charge in [-0.05, 0) is 13.0 Å². The van der Waals surface area contributed by atoms with Gasteiger partial charge in [0.25, 0.3) is 0 Å². The van der Waals surface area contributed by atoms with E-state index in [1.54, 1.807) is 25.4 Å². The number of hydrogen-bond acceptors (Lipinski definition) is 5. The number of nitrogens with one attached hydrogen (secondary N) is 1. The van der Waals surface area contributed by atoms with Gasteiger partial charge in [0.1, 0.15) is 6.04 Å². The average Bonchev–Trinajstić information content (AvgIpc) is 2.92. The van der Waals surface area contributed by atoms with Crippen LogP contribution in [0.4, 0.5) is 5.82 Å². The third kappa shape index (κ3) is 2.73. The zero-order valence-electron chi connectivity index (χ0n) is 10.0. The maximum Gasteiger partial charge on any atom is 0.358 e. The van der Waals surface area contributed by atoms with Crippen LogP contribution in [0.15, 0.2) is 30.9 Å². The SMILES string of the molecule is CC(C(=O)Nc1nccnc1C(=O)O)n1cccn1. The summed E-state index contributed by atoms with van der Waals surface area (Å²) < 4.78 is 1.45. The summed E-state index contributed by atoms with van der Waals surface area (Å²) in [5.41, 5.74) is -0.302. The van der Waals surface area contributed by atoms with E-state index in [2.05, 4.69) is 20.4 Å². The molecule has 0 bridgehead atoms. The Bertz CT molecular complexity index is 596. The number of amides is 1. The molecule has 1 atom stereocenters. The van der Waals surface area contributed by atoms with Crippen LogP contribution in [0.2, 0.25) is 0 Å². The van der Waals surface area contributed by atoms with Crippen molar-refractivity contribution in [1.82, 2.24) is 19.7 Å². The fourth-order valence-corrected chi connectivity index (χ4v) is 1.44. The van der Waals surface area contributed by atoms with E-state index in [1.807, 2.05) is 0 Å². The van der Waals surface area contributed by atoms with Crippen molar-refractivity contribution in [3.8, 4) is 0 Å². The first kappa shape index (κ1) is 12.7. The number of hydrogen-bond donors (Lipinski definition) is 2. The molecule has 19 heavy (non-hydrogen) atoms. The van der Waals surface area contributed by atoms with Crippen molar-refractivity contribution >= 4 is 17.7 Å². The number of anilines is 1. The van der Waals surface area contributed by atoms with E-state index in [0.717, 1.165) is 0 Å². The van der Waals surface area contributed by atoms with E-state index in [-0.39, 0.29) is 11.5 Å². The van der Waals surface area contributed by atoms with Gasteiger partial charge < -0.3 is 10.4 Å². The second kappa shape index (κ2) is 5.25. The topological polar surface area (TPSA) is 110 Å². The van der Waals surface area contributed by atoms with Crippen LogP contribution < -0.4 is 5.32 Å². The molecule has 2 heterocycles. The Morgan fingerprint density at radius 3 is 2.68 bits per heavy atom. The molecule has 0 fully saturated rings. The molecule has 0 aliphatic heterocycles. The molecular weight excluding hydrogens is 250 g/mol. The minimum absolute atomic E-state index is 0.0843. The van der Waals surface area contributed by atoms with Crippen LogP contribution in [-0.4, -0.2) is 36.7 Å². The summed E-state index contributed by atoms with van der Waals surface area (Å²) in [5.74, 6) is -1.76. The van der Waals surface area contributed by atoms with E-state index >= 15 is 0 Å². The van der Waals surface area contributed by atoms with Gasteiger partial charge in [0, 0.05) is 24.8 Å². The lowest BCUT2D eigenvalue weighted by Crippen LogP contribution is -2.25. The number of carbonyl (C=O) groups excluding carboxylic acids is 1. The van der Waals surface area contributed by atoms with Crippen LogP contribution in [0.1, 0.15) is 23.5 Å². The third-order valence-corrected chi connectivity index (χ3v) is 2.44. The first-order valence-electron chi connectivity index (χ1n) is 5.44. The van der Waals surface area contributed by atoms with E-state index in [1.165, 1.54) is 17.1 Å². The third-order valence-electron chi connectivity index (χ3n) is 2.44. The highest BCUT2D eigenvalue weighted by Crippen LogP contribution is 2.12. The standard InChI is InChI=1S/C11H11N5O3/c1-7(16-6-2-3-14-16)10(17)15-9-8(11(18)19)12-4-5-13-9/h2-7H,1H3,(H,18,19)(H,13,15,17). The highest BCUT2D eigenvalue weighted by molar-refractivity contribution is 5.98. The van der Waals surface area contributed by atoms with Crippen LogP contribution in [-0.2, 0) is 4.79 Å². The molecule has 2 rings (SSSR count). The van der Waals surface area contributed by atoms with Gasteiger partial charge in [-0.1, -0.05) is 0 Å². The van der Waals surface area contributed by atoms with Crippen LogP contribution >= 0.6 is 0 Å². The Kier molecular flexibility index (Phi) is 3.51. The first-order chi connectivity index (χ1) is 9.09. The van der Waals surface area contributed by atoms with Gasteiger partial charge >= 0.3 is 5.97 Å². The molecule has 1 unspecified atom stereocenters. The zero-order chi connectivity index (χ0) is 13.8. The molecule has 1 amide bonds. The summed E-state index contributed by atoms with van der Waals surface area (Å²) in [6.45, 7) is 1.64. The maximum atomic E-state index is 12.0. The first-order valence-corrected chi connectivity index (χ1v) is 5.44. The smallest absolute Gasteiger partial charge is 0.358 e. The lowest BCUT2D eigenvalue weighted by molar-refractivity contribution is -0.119.